The normalized spacial score (nSPS) is 11.5. The Morgan fingerprint density at radius 3 is 2.62 bits per heavy atom. The van der Waals surface area contributed by atoms with Crippen molar-refractivity contribution in [3.05, 3.63) is 70.4 Å². The van der Waals surface area contributed by atoms with E-state index in [1.54, 1.807) is 49.6 Å². The van der Waals surface area contributed by atoms with Crippen LogP contribution < -0.4 is 11.0 Å². The van der Waals surface area contributed by atoms with Crippen molar-refractivity contribution in [1.29, 1.82) is 0 Å². The van der Waals surface area contributed by atoms with Gasteiger partial charge < -0.3 is 0 Å². The molecule has 0 aliphatic heterocycles. The van der Waals surface area contributed by atoms with Crippen molar-refractivity contribution in [3.63, 3.8) is 0 Å². The summed E-state index contributed by atoms with van der Waals surface area (Å²) in [7, 11) is 1.51. The second kappa shape index (κ2) is 6.41. The highest BCUT2D eigenvalue weighted by molar-refractivity contribution is 6.06. The molecule has 0 bridgehead atoms. The largest absolute Gasteiger partial charge is 0.292 e. The molecule has 120 valence electrons. The van der Waals surface area contributed by atoms with Crippen LogP contribution in [0.15, 0.2) is 58.7 Å². The first kappa shape index (κ1) is 15.5. The van der Waals surface area contributed by atoms with E-state index in [0.717, 1.165) is 10.2 Å². The highest BCUT2D eigenvalue weighted by atomic mass is 16.2. The number of hydrogen-bond acceptors (Lipinski definition) is 5. The summed E-state index contributed by atoms with van der Waals surface area (Å²) in [5.74, 6) is -0.481. The van der Waals surface area contributed by atoms with E-state index in [4.69, 9.17) is 0 Å². The van der Waals surface area contributed by atoms with Crippen LogP contribution in [-0.4, -0.2) is 26.4 Å². The number of hydrazone groups is 1. The van der Waals surface area contributed by atoms with E-state index < -0.39 is 5.91 Å². The topological polar surface area (TPSA) is 89.2 Å². The number of carbonyl (C=O) groups excluding carboxylic acids is 1. The number of hydrogen-bond donors (Lipinski definition) is 1. The first-order chi connectivity index (χ1) is 11.6. The SMILES string of the molecule is C/C(=N/NC(=O)c1nn(C)c(=O)c2ccccc12)c1cccnc1. The second-order valence-electron chi connectivity index (χ2n) is 5.20. The van der Waals surface area contributed by atoms with Crippen molar-refractivity contribution < 1.29 is 4.79 Å². The Balaban J connectivity index is 1.95. The van der Waals surface area contributed by atoms with Gasteiger partial charge in [-0.1, -0.05) is 24.3 Å². The molecule has 7 heteroatoms. The van der Waals surface area contributed by atoms with Crippen LogP contribution >= 0.6 is 0 Å². The number of benzene rings is 1. The number of fused-ring (bicyclic) bond motifs is 1. The van der Waals surface area contributed by atoms with E-state index in [-0.39, 0.29) is 11.3 Å². The number of carbonyl (C=O) groups is 1. The average molecular weight is 321 g/mol. The van der Waals surface area contributed by atoms with Crippen LogP contribution in [0.2, 0.25) is 0 Å². The summed E-state index contributed by atoms with van der Waals surface area (Å²) in [5, 5.41) is 9.07. The van der Waals surface area contributed by atoms with Crippen molar-refractivity contribution in [3.8, 4) is 0 Å². The Labute approximate surface area is 137 Å². The lowest BCUT2D eigenvalue weighted by molar-refractivity contribution is 0.0949. The van der Waals surface area contributed by atoms with E-state index in [1.807, 2.05) is 6.07 Å². The molecule has 1 aromatic carbocycles. The number of aryl methyl sites for hydroxylation is 1. The summed E-state index contributed by atoms with van der Waals surface area (Å²) in [6, 6.07) is 10.5. The van der Waals surface area contributed by atoms with Crippen LogP contribution in [0.25, 0.3) is 10.8 Å². The van der Waals surface area contributed by atoms with E-state index >= 15 is 0 Å². The first-order valence-corrected chi connectivity index (χ1v) is 7.29. The standard InChI is InChI=1S/C17H15N5O2/c1-11(12-6-5-9-18-10-12)19-20-16(23)15-13-7-3-4-8-14(13)17(24)22(2)21-15/h3-10H,1-2H3,(H,20,23)/b19-11-. The molecule has 2 aromatic heterocycles. The summed E-state index contributed by atoms with van der Waals surface area (Å²) in [6.45, 7) is 1.77. The molecule has 0 spiro atoms. The van der Waals surface area contributed by atoms with Crippen LogP contribution in [0.4, 0.5) is 0 Å². The van der Waals surface area contributed by atoms with Gasteiger partial charge in [0, 0.05) is 30.4 Å². The third-order valence-electron chi connectivity index (χ3n) is 3.58. The Kier molecular flexibility index (Phi) is 4.15. The molecule has 0 unspecified atom stereocenters. The molecule has 3 rings (SSSR count). The lowest BCUT2D eigenvalue weighted by atomic mass is 10.1. The third-order valence-corrected chi connectivity index (χ3v) is 3.58. The maximum atomic E-state index is 12.4. The molecule has 0 fully saturated rings. The van der Waals surface area contributed by atoms with E-state index in [9.17, 15) is 9.59 Å². The quantitative estimate of drug-likeness (QED) is 0.584. The highest BCUT2D eigenvalue weighted by Crippen LogP contribution is 2.12. The molecule has 7 nitrogen and oxygen atoms in total. The van der Waals surface area contributed by atoms with Gasteiger partial charge in [0.2, 0.25) is 0 Å². The monoisotopic (exact) mass is 321 g/mol. The van der Waals surface area contributed by atoms with E-state index in [0.29, 0.717) is 16.5 Å². The van der Waals surface area contributed by atoms with E-state index in [1.165, 1.54) is 7.05 Å². The third kappa shape index (κ3) is 2.91. The first-order valence-electron chi connectivity index (χ1n) is 7.29. The van der Waals surface area contributed by atoms with Gasteiger partial charge in [-0.05, 0) is 19.1 Å². The van der Waals surface area contributed by atoms with Gasteiger partial charge in [0.05, 0.1) is 11.1 Å². The summed E-state index contributed by atoms with van der Waals surface area (Å²) < 4.78 is 1.15. The summed E-state index contributed by atoms with van der Waals surface area (Å²) >= 11 is 0. The molecule has 2 heterocycles. The Morgan fingerprint density at radius 2 is 1.92 bits per heavy atom. The van der Waals surface area contributed by atoms with Gasteiger partial charge in [-0.3, -0.25) is 14.6 Å². The van der Waals surface area contributed by atoms with Crippen molar-refractivity contribution in [1.82, 2.24) is 20.2 Å². The molecular formula is C17H15N5O2. The maximum absolute atomic E-state index is 12.4. The van der Waals surface area contributed by atoms with Gasteiger partial charge in [0.15, 0.2) is 5.69 Å². The van der Waals surface area contributed by atoms with Crippen LogP contribution in [0.3, 0.4) is 0 Å². The Bertz CT molecular complexity index is 993. The molecular weight excluding hydrogens is 306 g/mol. The van der Waals surface area contributed by atoms with E-state index in [2.05, 4.69) is 20.6 Å². The molecule has 0 aliphatic rings. The van der Waals surface area contributed by atoms with Crippen molar-refractivity contribution in [2.45, 2.75) is 6.92 Å². The lowest BCUT2D eigenvalue weighted by Gasteiger charge is -2.07. The number of nitrogens with zero attached hydrogens (tertiary/aromatic N) is 4. The summed E-state index contributed by atoms with van der Waals surface area (Å²) in [5.41, 5.74) is 3.79. The zero-order valence-electron chi connectivity index (χ0n) is 13.2. The number of nitrogens with one attached hydrogen (secondary N) is 1. The molecule has 3 aromatic rings. The number of pyridine rings is 1. The number of amides is 1. The zero-order chi connectivity index (χ0) is 17.1. The number of rotatable bonds is 3. The predicted molar refractivity (Wildman–Crippen MR) is 90.9 cm³/mol. The Morgan fingerprint density at radius 1 is 1.17 bits per heavy atom. The molecule has 0 aliphatic carbocycles. The molecule has 24 heavy (non-hydrogen) atoms. The summed E-state index contributed by atoms with van der Waals surface area (Å²) in [4.78, 5) is 28.5. The molecule has 0 saturated carbocycles. The predicted octanol–water partition coefficient (Wildman–Crippen LogP) is 1.48. The fourth-order valence-electron chi connectivity index (χ4n) is 2.30. The number of aromatic nitrogens is 3. The lowest BCUT2D eigenvalue weighted by Crippen LogP contribution is -2.27. The second-order valence-corrected chi connectivity index (χ2v) is 5.20. The smallest absolute Gasteiger partial charge is 0.267 e. The minimum Gasteiger partial charge on any atom is -0.267 e. The van der Waals surface area contributed by atoms with Gasteiger partial charge in [-0.25, -0.2) is 10.1 Å². The van der Waals surface area contributed by atoms with Crippen molar-refractivity contribution >= 4 is 22.4 Å². The minimum atomic E-state index is -0.481. The Hall–Kier alpha value is -3.35. The minimum absolute atomic E-state index is 0.149. The average Bonchev–Trinajstić information content (AvgIpc) is 2.63. The molecule has 1 amide bonds. The van der Waals surface area contributed by atoms with Gasteiger partial charge in [-0.15, -0.1) is 0 Å². The van der Waals surface area contributed by atoms with Gasteiger partial charge in [-0.2, -0.15) is 10.2 Å². The van der Waals surface area contributed by atoms with Crippen molar-refractivity contribution in [2.75, 3.05) is 0 Å². The van der Waals surface area contributed by atoms with Gasteiger partial charge >= 0.3 is 0 Å². The molecule has 0 radical (unpaired) electrons. The molecule has 1 N–H and O–H groups in total. The zero-order valence-corrected chi connectivity index (χ0v) is 13.2. The van der Waals surface area contributed by atoms with Crippen LogP contribution in [0.5, 0.6) is 0 Å². The van der Waals surface area contributed by atoms with Gasteiger partial charge in [0.25, 0.3) is 11.5 Å². The van der Waals surface area contributed by atoms with Gasteiger partial charge in [0.1, 0.15) is 0 Å². The van der Waals surface area contributed by atoms with Crippen LogP contribution in [0.1, 0.15) is 23.0 Å². The van der Waals surface area contributed by atoms with Crippen LogP contribution in [0, 0.1) is 0 Å². The fourth-order valence-corrected chi connectivity index (χ4v) is 2.30. The van der Waals surface area contributed by atoms with Crippen molar-refractivity contribution in [2.24, 2.45) is 12.1 Å². The fraction of sp³-hybridized carbons (Fsp3) is 0.118. The maximum Gasteiger partial charge on any atom is 0.292 e. The van der Waals surface area contributed by atoms with Crippen LogP contribution in [-0.2, 0) is 7.05 Å². The summed E-state index contributed by atoms with van der Waals surface area (Å²) in [6.07, 6.45) is 3.32. The molecule has 0 saturated heterocycles. The molecule has 0 atom stereocenters. The highest BCUT2D eigenvalue weighted by Gasteiger charge is 2.15.